The molecule has 6 nitrogen and oxygen atoms in total. The van der Waals surface area contributed by atoms with Crippen LogP contribution < -0.4 is 0 Å². The summed E-state index contributed by atoms with van der Waals surface area (Å²) in [5.74, 6) is -0.801. The summed E-state index contributed by atoms with van der Waals surface area (Å²) in [6, 6.07) is 0. The van der Waals surface area contributed by atoms with E-state index in [1.165, 1.54) is 154 Å². The fourth-order valence-electron chi connectivity index (χ4n) is 7.01. The zero-order chi connectivity index (χ0) is 39.9. The first-order valence-corrected chi connectivity index (χ1v) is 23.5. The molecule has 1 fully saturated rings. The van der Waals surface area contributed by atoms with Crippen molar-refractivity contribution in [3.8, 4) is 0 Å². The van der Waals surface area contributed by atoms with E-state index in [1.807, 2.05) is 38.9 Å². The summed E-state index contributed by atoms with van der Waals surface area (Å²) >= 11 is 0. The predicted octanol–water partition coefficient (Wildman–Crippen LogP) is 15.4. The molecule has 0 N–H and O–H groups in total. The van der Waals surface area contributed by atoms with Crippen LogP contribution in [-0.4, -0.2) is 43.4 Å². The molecule has 4 atom stereocenters. The Morgan fingerprint density at radius 2 is 0.673 bits per heavy atom. The molecule has 6 heteroatoms. The van der Waals surface area contributed by atoms with Gasteiger partial charge in [-0.3, -0.25) is 0 Å². The van der Waals surface area contributed by atoms with Crippen LogP contribution in [0.5, 0.6) is 0 Å². The van der Waals surface area contributed by atoms with Gasteiger partial charge in [0.25, 0.3) is 0 Å². The van der Waals surface area contributed by atoms with Gasteiger partial charge in [-0.25, -0.2) is 0 Å². The molecule has 0 aromatic carbocycles. The average Bonchev–Trinajstić information content (AvgIpc) is 3.50. The standard InChI is InChI=1S/C49H90O6/c1-7-11-15-19-23-27-31-35-39-50-43-45(52-41-37-33-29-25-21-17-13-9-3)47-48(55-49(5,6)54-47)46(53-42-38-34-30-26-22-18-14-10-4)44-51-40-36-32-28-24-20-16-12-8-2/h35-42,45-48H,7-34,43-44H2,1-6H3/b39-35+,40-36+,41-37+,42-38+/t45-,46-,47-,48-/m1/s1. The molecule has 1 aliphatic heterocycles. The molecule has 0 aromatic heterocycles. The summed E-state index contributed by atoms with van der Waals surface area (Å²) < 4.78 is 38.4. The molecular weight excluding hydrogens is 685 g/mol. The molecule has 0 saturated carbocycles. The second-order valence-corrected chi connectivity index (χ2v) is 16.3. The van der Waals surface area contributed by atoms with Crippen molar-refractivity contribution >= 4 is 0 Å². The minimum absolute atomic E-state index is 0.356. The summed E-state index contributed by atoms with van der Waals surface area (Å²) in [5, 5.41) is 0. The smallest absolute Gasteiger partial charge is 0.164 e. The van der Waals surface area contributed by atoms with Crippen LogP contribution in [0.25, 0.3) is 0 Å². The number of ether oxygens (including phenoxy) is 6. The molecular formula is C49H90O6. The van der Waals surface area contributed by atoms with Crippen molar-refractivity contribution in [3.63, 3.8) is 0 Å². The molecule has 1 saturated heterocycles. The minimum Gasteiger partial charge on any atom is -0.498 e. The van der Waals surface area contributed by atoms with Gasteiger partial charge in [-0.15, -0.1) is 0 Å². The Morgan fingerprint density at radius 1 is 0.400 bits per heavy atom. The Hall–Kier alpha value is -1.92. The van der Waals surface area contributed by atoms with Crippen molar-refractivity contribution in [1.82, 2.24) is 0 Å². The second-order valence-electron chi connectivity index (χ2n) is 16.3. The van der Waals surface area contributed by atoms with Gasteiger partial charge in [0, 0.05) is 0 Å². The first kappa shape index (κ1) is 51.1. The normalized spacial score (nSPS) is 18.3. The molecule has 0 aliphatic carbocycles. The van der Waals surface area contributed by atoms with Crippen LogP contribution in [0.1, 0.15) is 221 Å². The lowest BCUT2D eigenvalue weighted by Crippen LogP contribution is -2.46. The molecule has 0 radical (unpaired) electrons. The lowest BCUT2D eigenvalue weighted by Gasteiger charge is -2.29. The Kier molecular flexibility index (Phi) is 35.0. The number of rotatable bonds is 40. The van der Waals surface area contributed by atoms with Crippen LogP contribution in [0.15, 0.2) is 49.4 Å². The Morgan fingerprint density at radius 3 is 0.982 bits per heavy atom. The maximum Gasteiger partial charge on any atom is 0.164 e. The predicted molar refractivity (Wildman–Crippen MR) is 234 cm³/mol. The van der Waals surface area contributed by atoms with E-state index in [4.69, 9.17) is 28.4 Å². The van der Waals surface area contributed by atoms with Crippen LogP contribution in [-0.2, 0) is 28.4 Å². The number of allylic oxidation sites excluding steroid dienone is 4. The van der Waals surface area contributed by atoms with Crippen LogP contribution in [0.3, 0.4) is 0 Å². The molecule has 0 aromatic rings. The van der Waals surface area contributed by atoms with Crippen LogP contribution in [0.4, 0.5) is 0 Å². The molecule has 0 bridgehead atoms. The van der Waals surface area contributed by atoms with Crippen molar-refractivity contribution < 1.29 is 28.4 Å². The zero-order valence-electron chi connectivity index (χ0n) is 37.1. The largest absolute Gasteiger partial charge is 0.498 e. The van der Waals surface area contributed by atoms with Crippen LogP contribution in [0.2, 0.25) is 0 Å². The van der Waals surface area contributed by atoms with E-state index < -0.39 is 18.0 Å². The molecule has 1 heterocycles. The van der Waals surface area contributed by atoms with Gasteiger partial charge in [-0.05, 0) is 89.5 Å². The number of unbranched alkanes of at least 4 members (excludes halogenated alkanes) is 24. The highest BCUT2D eigenvalue weighted by atomic mass is 16.8. The second kappa shape index (κ2) is 37.6. The fourth-order valence-corrected chi connectivity index (χ4v) is 7.01. The van der Waals surface area contributed by atoms with Gasteiger partial charge in [0.15, 0.2) is 18.0 Å². The van der Waals surface area contributed by atoms with E-state index in [0.29, 0.717) is 13.2 Å². The Bertz CT molecular complexity index is 854. The summed E-state index contributed by atoms with van der Waals surface area (Å²) in [6.45, 7) is 13.7. The van der Waals surface area contributed by atoms with Crippen molar-refractivity contribution in [3.05, 3.63) is 49.4 Å². The SMILES string of the molecule is CCCCCCCC/C=C/OC[C@@H](O/C=C/CCCCCCCC)[C@H]1OC(C)(C)O[C@@H]1[C@@H](CO/C=C/CCCCCCCC)O/C=C/CCCCCCCC. The van der Waals surface area contributed by atoms with E-state index in [-0.39, 0.29) is 12.2 Å². The number of hydrogen-bond acceptors (Lipinski definition) is 6. The van der Waals surface area contributed by atoms with Gasteiger partial charge < -0.3 is 28.4 Å². The summed E-state index contributed by atoms with van der Waals surface area (Å²) in [4.78, 5) is 0. The highest BCUT2D eigenvalue weighted by molar-refractivity contribution is 4.95. The van der Waals surface area contributed by atoms with Crippen LogP contribution >= 0.6 is 0 Å². The molecule has 1 rings (SSSR count). The topological polar surface area (TPSA) is 55.4 Å². The first-order chi connectivity index (χ1) is 27.0. The van der Waals surface area contributed by atoms with Gasteiger partial charge in [0.1, 0.15) is 25.4 Å². The summed E-state index contributed by atoms with van der Waals surface area (Å²) in [5.41, 5.74) is 0. The molecule has 322 valence electrons. The molecule has 0 amide bonds. The van der Waals surface area contributed by atoms with Gasteiger partial charge in [0.2, 0.25) is 0 Å². The van der Waals surface area contributed by atoms with Crippen LogP contribution in [0, 0.1) is 0 Å². The molecule has 0 spiro atoms. The van der Waals surface area contributed by atoms with E-state index in [2.05, 4.69) is 52.0 Å². The fraction of sp³-hybridized carbons (Fsp3) is 0.837. The van der Waals surface area contributed by atoms with E-state index in [9.17, 15) is 0 Å². The van der Waals surface area contributed by atoms with Crippen molar-refractivity contribution in [2.75, 3.05) is 13.2 Å². The lowest BCUT2D eigenvalue weighted by atomic mass is 10.0. The highest BCUT2D eigenvalue weighted by Gasteiger charge is 2.50. The summed E-state index contributed by atoms with van der Waals surface area (Å²) in [6.07, 6.45) is 49.3. The van der Waals surface area contributed by atoms with Crippen molar-refractivity contribution in [1.29, 1.82) is 0 Å². The molecule has 1 aliphatic rings. The lowest BCUT2D eigenvalue weighted by molar-refractivity contribution is -0.164. The number of hydrogen-bond donors (Lipinski definition) is 0. The first-order valence-electron chi connectivity index (χ1n) is 23.5. The van der Waals surface area contributed by atoms with Gasteiger partial charge >= 0.3 is 0 Å². The van der Waals surface area contributed by atoms with Crippen molar-refractivity contribution in [2.45, 2.75) is 252 Å². The van der Waals surface area contributed by atoms with Crippen molar-refractivity contribution in [2.24, 2.45) is 0 Å². The Labute approximate surface area is 341 Å². The molecule has 0 unspecified atom stereocenters. The zero-order valence-corrected chi connectivity index (χ0v) is 37.1. The van der Waals surface area contributed by atoms with E-state index in [0.717, 1.165) is 25.7 Å². The molecule has 55 heavy (non-hydrogen) atoms. The highest BCUT2D eigenvalue weighted by Crippen LogP contribution is 2.34. The van der Waals surface area contributed by atoms with Gasteiger partial charge in [-0.1, -0.05) is 156 Å². The third kappa shape index (κ3) is 29.9. The van der Waals surface area contributed by atoms with E-state index >= 15 is 0 Å². The van der Waals surface area contributed by atoms with Gasteiger partial charge in [0.05, 0.1) is 25.0 Å². The van der Waals surface area contributed by atoms with E-state index in [1.54, 1.807) is 0 Å². The average molecular weight is 775 g/mol. The minimum atomic E-state index is -0.801. The Balaban J connectivity index is 2.99. The summed E-state index contributed by atoms with van der Waals surface area (Å²) in [7, 11) is 0. The maximum atomic E-state index is 6.61. The third-order valence-electron chi connectivity index (χ3n) is 10.4. The maximum absolute atomic E-state index is 6.61. The van der Waals surface area contributed by atoms with Gasteiger partial charge in [-0.2, -0.15) is 0 Å². The monoisotopic (exact) mass is 775 g/mol. The quantitative estimate of drug-likeness (QED) is 0.0456. The third-order valence-corrected chi connectivity index (χ3v) is 10.4.